The number of ketones is 2. The summed E-state index contributed by atoms with van der Waals surface area (Å²) in [6, 6.07) is 5.46. The van der Waals surface area contributed by atoms with Crippen molar-refractivity contribution in [1.82, 2.24) is 4.90 Å². The molecule has 2 aliphatic carbocycles. The highest BCUT2D eigenvalue weighted by atomic mass is 35.5. The van der Waals surface area contributed by atoms with E-state index in [1.807, 2.05) is 19.2 Å². The molecule has 0 amide bonds. The van der Waals surface area contributed by atoms with Crippen LogP contribution >= 0.6 is 11.6 Å². The number of Topliss-reactive ketones (excluding diaryl/α,β-unsaturated/α-hetero) is 2. The van der Waals surface area contributed by atoms with E-state index in [9.17, 15) is 9.59 Å². The van der Waals surface area contributed by atoms with E-state index in [2.05, 4.69) is 39.2 Å². The zero-order chi connectivity index (χ0) is 23.4. The van der Waals surface area contributed by atoms with Crippen LogP contribution in [0.5, 0.6) is 5.75 Å². The minimum atomic E-state index is -0.457. The topological polar surface area (TPSA) is 46.6 Å². The van der Waals surface area contributed by atoms with E-state index < -0.39 is 5.92 Å². The lowest BCUT2D eigenvalue weighted by molar-refractivity contribution is -0.119. The minimum absolute atomic E-state index is 0.104. The molecule has 1 aromatic rings. The van der Waals surface area contributed by atoms with E-state index in [4.69, 9.17) is 16.3 Å². The zero-order valence-corrected chi connectivity index (χ0v) is 20.4. The molecular formula is C27H32ClNO3. The fourth-order valence-electron chi connectivity index (χ4n) is 5.50. The van der Waals surface area contributed by atoms with Crippen LogP contribution in [0.3, 0.4) is 0 Å². The van der Waals surface area contributed by atoms with E-state index in [-0.39, 0.29) is 22.4 Å². The second kappa shape index (κ2) is 7.91. The van der Waals surface area contributed by atoms with E-state index in [0.717, 1.165) is 40.9 Å². The van der Waals surface area contributed by atoms with Gasteiger partial charge in [0.15, 0.2) is 11.6 Å². The highest BCUT2D eigenvalue weighted by molar-refractivity contribution is 6.30. The zero-order valence-electron chi connectivity index (χ0n) is 19.7. The maximum absolute atomic E-state index is 13.6. The largest absolute Gasteiger partial charge is 0.489 e. The van der Waals surface area contributed by atoms with E-state index in [0.29, 0.717) is 30.2 Å². The first-order chi connectivity index (χ1) is 14.9. The molecule has 0 atom stereocenters. The van der Waals surface area contributed by atoms with Gasteiger partial charge in [0.05, 0.1) is 0 Å². The molecule has 170 valence electrons. The van der Waals surface area contributed by atoms with Gasteiger partial charge in [-0.3, -0.25) is 9.59 Å². The fourth-order valence-corrected chi connectivity index (χ4v) is 5.68. The van der Waals surface area contributed by atoms with Crippen molar-refractivity contribution in [3.63, 3.8) is 0 Å². The van der Waals surface area contributed by atoms with Crippen LogP contribution in [0.2, 0.25) is 5.02 Å². The monoisotopic (exact) mass is 453 g/mol. The summed E-state index contributed by atoms with van der Waals surface area (Å²) in [5.41, 5.74) is 4.03. The Morgan fingerprint density at radius 1 is 1.03 bits per heavy atom. The lowest BCUT2D eigenvalue weighted by Gasteiger charge is -2.48. The Morgan fingerprint density at radius 2 is 1.56 bits per heavy atom. The third-order valence-corrected chi connectivity index (χ3v) is 7.05. The number of carbonyl (C=O) groups excluding carboxylic acids is 2. The number of hydrogen-bond acceptors (Lipinski definition) is 4. The Balaban J connectivity index is 1.99. The van der Waals surface area contributed by atoms with Crippen molar-refractivity contribution in [2.24, 2.45) is 10.8 Å². The number of carbonyl (C=O) groups is 2. The first-order valence-electron chi connectivity index (χ1n) is 11.2. The normalized spacial score (nSPS) is 22.6. The Morgan fingerprint density at radius 3 is 2.06 bits per heavy atom. The van der Waals surface area contributed by atoms with Gasteiger partial charge in [0.25, 0.3) is 0 Å². The Hall–Kier alpha value is -2.33. The Kier molecular flexibility index (Phi) is 5.65. The summed E-state index contributed by atoms with van der Waals surface area (Å²) >= 11 is 6.42. The molecule has 4 rings (SSSR count). The number of ether oxygens (including phenoxy) is 1. The van der Waals surface area contributed by atoms with Gasteiger partial charge in [0.1, 0.15) is 12.4 Å². The maximum Gasteiger partial charge on any atom is 0.162 e. The average molecular weight is 454 g/mol. The molecule has 1 aliphatic heterocycles. The third-order valence-electron chi connectivity index (χ3n) is 6.82. The van der Waals surface area contributed by atoms with Crippen LogP contribution in [-0.4, -0.2) is 30.1 Å². The molecule has 1 aromatic carbocycles. The van der Waals surface area contributed by atoms with Crippen molar-refractivity contribution in [2.75, 3.05) is 13.7 Å². The van der Waals surface area contributed by atoms with Crippen molar-refractivity contribution in [3.8, 4) is 5.75 Å². The predicted molar refractivity (Wildman–Crippen MR) is 128 cm³/mol. The molecule has 1 heterocycles. The molecular weight excluding hydrogens is 422 g/mol. The smallest absolute Gasteiger partial charge is 0.162 e. The van der Waals surface area contributed by atoms with Crippen LogP contribution < -0.4 is 4.74 Å². The van der Waals surface area contributed by atoms with Crippen LogP contribution in [-0.2, 0) is 9.59 Å². The summed E-state index contributed by atoms with van der Waals surface area (Å²) in [6.07, 6.45) is 4.18. The second-order valence-corrected chi connectivity index (χ2v) is 11.3. The summed E-state index contributed by atoms with van der Waals surface area (Å²) in [7, 11) is 2.01. The number of benzene rings is 1. The molecule has 0 bridgehead atoms. The fraction of sp³-hybridized carbons (Fsp3) is 0.481. The van der Waals surface area contributed by atoms with Crippen molar-refractivity contribution in [3.05, 3.63) is 64.0 Å². The van der Waals surface area contributed by atoms with Crippen molar-refractivity contribution in [2.45, 2.75) is 59.3 Å². The van der Waals surface area contributed by atoms with Crippen LogP contribution in [0.4, 0.5) is 0 Å². The van der Waals surface area contributed by atoms with Crippen LogP contribution in [0.1, 0.15) is 64.9 Å². The van der Waals surface area contributed by atoms with E-state index in [1.165, 1.54) is 0 Å². The number of hydrogen-bond donors (Lipinski definition) is 0. The number of allylic oxidation sites excluding steroid dienone is 4. The predicted octanol–water partition coefficient (Wildman–Crippen LogP) is 6.22. The molecule has 0 N–H and O–H groups in total. The van der Waals surface area contributed by atoms with Crippen molar-refractivity contribution < 1.29 is 14.3 Å². The summed E-state index contributed by atoms with van der Waals surface area (Å²) in [6.45, 7) is 12.6. The van der Waals surface area contributed by atoms with E-state index in [1.54, 1.807) is 12.1 Å². The number of rotatable bonds is 4. The summed E-state index contributed by atoms with van der Waals surface area (Å²) in [4.78, 5) is 29.3. The number of nitrogens with zero attached hydrogens (tertiary/aromatic N) is 1. The molecule has 0 radical (unpaired) electrons. The third kappa shape index (κ3) is 3.94. The molecule has 0 unspecified atom stereocenters. The van der Waals surface area contributed by atoms with Gasteiger partial charge in [-0.2, -0.15) is 0 Å². The summed E-state index contributed by atoms with van der Waals surface area (Å²) in [5.74, 6) is 0.388. The maximum atomic E-state index is 13.6. The Bertz CT molecular complexity index is 1020. The standard InChI is InChI=1S/C27H32ClNO3/c1-7-10-32-22-9-8-16(28)11-17(22)23-24-18(12-26(2,3)14-20(24)30)29(6)19-13-27(4,5)15-21(31)25(19)23/h7-9,11,23H,1,10,12-15H2,2-6H3. The van der Waals surface area contributed by atoms with Crippen LogP contribution in [0, 0.1) is 10.8 Å². The van der Waals surface area contributed by atoms with Crippen molar-refractivity contribution >= 4 is 23.2 Å². The lowest BCUT2D eigenvalue weighted by Crippen LogP contribution is -2.43. The van der Waals surface area contributed by atoms with Crippen LogP contribution in [0.25, 0.3) is 0 Å². The van der Waals surface area contributed by atoms with E-state index >= 15 is 0 Å². The highest BCUT2D eigenvalue weighted by Gasteiger charge is 2.48. The average Bonchev–Trinajstić information content (AvgIpc) is 2.67. The molecule has 4 nitrogen and oxygen atoms in total. The molecule has 32 heavy (non-hydrogen) atoms. The molecule has 0 saturated carbocycles. The van der Waals surface area contributed by atoms with Gasteiger partial charge in [-0.25, -0.2) is 0 Å². The quantitative estimate of drug-likeness (QED) is 0.507. The highest BCUT2D eigenvalue weighted by Crippen LogP contribution is 2.55. The van der Waals surface area contributed by atoms with Gasteiger partial charge in [0.2, 0.25) is 0 Å². The van der Waals surface area contributed by atoms with Gasteiger partial charge < -0.3 is 9.64 Å². The number of halogens is 1. The molecule has 0 spiro atoms. The Labute approximate surface area is 196 Å². The SMILES string of the molecule is C=CCOc1ccc(Cl)cc1C1C2=C(CC(C)(C)CC2=O)N(C)C2=C1C(=O)CC(C)(C)C2. The first kappa shape index (κ1) is 22.8. The molecule has 0 aromatic heterocycles. The van der Waals surface area contributed by atoms with Gasteiger partial charge in [-0.1, -0.05) is 52.0 Å². The van der Waals surface area contributed by atoms with Gasteiger partial charge in [-0.15, -0.1) is 0 Å². The second-order valence-electron chi connectivity index (χ2n) is 10.9. The van der Waals surface area contributed by atoms with Crippen LogP contribution in [0.15, 0.2) is 53.4 Å². The summed E-state index contributed by atoms with van der Waals surface area (Å²) in [5, 5.41) is 0.557. The van der Waals surface area contributed by atoms with Gasteiger partial charge >= 0.3 is 0 Å². The van der Waals surface area contributed by atoms with Gasteiger partial charge in [0, 0.05) is 58.9 Å². The minimum Gasteiger partial charge on any atom is -0.489 e. The van der Waals surface area contributed by atoms with Gasteiger partial charge in [-0.05, 0) is 41.9 Å². The molecule has 0 fully saturated rings. The summed E-state index contributed by atoms with van der Waals surface area (Å²) < 4.78 is 5.98. The molecule has 0 saturated heterocycles. The van der Waals surface area contributed by atoms with Crippen molar-refractivity contribution in [1.29, 1.82) is 0 Å². The molecule has 5 heteroatoms. The lowest BCUT2D eigenvalue weighted by atomic mass is 9.63. The first-order valence-corrected chi connectivity index (χ1v) is 11.6. The molecule has 3 aliphatic rings.